The fourth-order valence-electron chi connectivity index (χ4n) is 2.62. The van der Waals surface area contributed by atoms with E-state index in [1.54, 1.807) is 0 Å². The van der Waals surface area contributed by atoms with Crippen LogP contribution in [0.3, 0.4) is 0 Å². The molecule has 0 radical (unpaired) electrons. The number of allylic oxidation sites excluding steroid dienone is 1. The lowest BCUT2D eigenvalue weighted by Gasteiger charge is -2.35. The normalized spacial score (nSPS) is 12.9. The molecule has 4 heteroatoms. The van der Waals surface area contributed by atoms with Crippen molar-refractivity contribution in [3.63, 3.8) is 0 Å². The van der Waals surface area contributed by atoms with E-state index in [2.05, 4.69) is 51.6 Å². The van der Waals surface area contributed by atoms with Gasteiger partial charge >= 0.3 is 8.80 Å². The van der Waals surface area contributed by atoms with Gasteiger partial charge in [0.2, 0.25) is 0 Å². The van der Waals surface area contributed by atoms with Crippen molar-refractivity contribution in [1.29, 1.82) is 0 Å². The van der Waals surface area contributed by atoms with Gasteiger partial charge < -0.3 is 13.3 Å². The van der Waals surface area contributed by atoms with E-state index in [1.807, 2.05) is 12.1 Å². The van der Waals surface area contributed by atoms with E-state index in [9.17, 15) is 0 Å². The van der Waals surface area contributed by atoms with Gasteiger partial charge in [-0.2, -0.15) is 0 Å². The summed E-state index contributed by atoms with van der Waals surface area (Å²) in [6.45, 7) is 12.6. The number of hydrogen-bond donors (Lipinski definition) is 0. The Morgan fingerprint density at radius 1 is 0.840 bits per heavy atom. The minimum absolute atomic E-state index is 0.0285. The second-order valence-electron chi connectivity index (χ2n) is 6.33. The van der Waals surface area contributed by atoms with Crippen LogP contribution in [-0.2, 0) is 13.3 Å². The fraction of sp³-hybridized carbons (Fsp3) is 0.619. The molecule has 0 bridgehead atoms. The molecule has 25 heavy (non-hydrogen) atoms. The van der Waals surface area contributed by atoms with Crippen molar-refractivity contribution in [2.75, 3.05) is 19.8 Å². The van der Waals surface area contributed by atoms with E-state index in [0.29, 0.717) is 19.8 Å². The standard InChI is InChI=1S/C21H36O3Si/c1-5-9-17-22-25(23-18-10-6-2,24-19-11-7-3)21(8-4)20-15-13-12-14-16-20/h8,12-16,21H,4-7,9-11,17-19H2,1-3H3. The predicted molar refractivity (Wildman–Crippen MR) is 108 cm³/mol. The highest BCUT2D eigenvalue weighted by Crippen LogP contribution is 2.32. The summed E-state index contributed by atoms with van der Waals surface area (Å²) < 4.78 is 19.2. The maximum atomic E-state index is 6.39. The molecule has 0 aliphatic carbocycles. The first-order valence-corrected chi connectivity index (χ1v) is 11.6. The predicted octanol–water partition coefficient (Wildman–Crippen LogP) is 5.88. The maximum absolute atomic E-state index is 6.39. The van der Waals surface area contributed by atoms with Crippen molar-refractivity contribution in [1.82, 2.24) is 0 Å². The van der Waals surface area contributed by atoms with E-state index < -0.39 is 8.80 Å². The van der Waals surface area contributed by atoms with Crippen LogP contribution >= 0.6 is 0 Å². The van der Waals surface area contributed by atoms with Gasteiger partial charge in [0, 0.05) is 19.8 Å². The molecule has 1 aromatic carbocycles. The second-order valence-corrected chi connectivity index (χ2v) is 9.03. The fourth-order valence-corrected chi connectivity index (χ4v) is 5.58. The molecular formula is C21H36O3Si. The molecule has 0 aromatic heterocycles. The van der Waals surface area contributed by atoms with Crippen molar-refractivity contribution < 1.29 is 13.3 Å². The van der Waals surface area contributed by atoms with Gasteiger partial charge in [0.15, 0.2) is 0 Å². The molecule has 142 valence electrons. The van der Waals surface area contributed by atoms with E-state index in [-0.39, 0.29) is 5.54 Å². The third kappa shape index (κ3) is 7.44. The molecule has 0 heterocycles. The van der Waals surface area contributed by atoms with Crippen LogP contribution in [0.15, 0.2) is 43.0 Å². The van der Waals surface area contributed by atoms with E-state index >= 15 is 0 Å². The van der Waals surface area contributed by atoms with Crippen molar-refractivity contribution >= 4 is 8.80 Å². The van der Waals surface area contributed by atoms with Crippen LogP contribution in [0.5, 0.6) is 0 Å². The minimum atomic E-state index is -2.90. The Bertz CT molecular complexity index is 423. The highest BCUT2D eigenvalue weighted by Gasteiger charge is 2.49. The smallest absolute Gasteiger partial charge is 0.373 e. The van der Waals surface area contributed by atoms with Gasteiger partial charge in [-0.05, 0) is 24.8 Å². The first-order chi connectivity index (χ1) is 12.2. The summed E-state index contributed by atoms with van der Waals surface area (Å²) in [6, 6.07) is 10.4. The quantitative estimate of drug-likeness (QED) is 0.221. The molecule has 0 aliphatic heterocycles. The van der Waals surface area contributed by atoms with Gasteiger partial charge in [-0.25, -0.2) is 0 Å². The Labute approximate surface area is 155 Å². The van der Waals surface area contributed by atoms with Crippen LogP contribution < -0.4 is 0 Å². The lowest BCUT2D eigenvalue weighted by Crippen LogP contribution is -2.52. The monoisotopic (exact) mass is 364 g/mol. The first-order valence-electron chi connectivity index (χ1n) is 9.83. The minimum Gasteiger partial charge on any atom is -0.373 e. The zero-order valence-corrected chi connectivity index (χ0v) is 17.3. The average Bonchev–Trinajstić information content (AvgIpc) is 2.64. The number of hydrogen-bond acceptors (Lipinski definition) is 3. The Morgan fingerprint density at radius 2 is 1.28 bits per heavy atom. The van der Waals surface area contributed by atoms with Crippen LogP contribution in [0.2, 0.25) is 0 Å². The van der Waals surface area contributed by atoms with Gasteiger partial charge in [-0.1, -0.05) is 76.4 Å². The molecule has 1 rings (SSSR count). The van der Waals surface area contributed by atoms with Gasteiger partial charge in [0.1, 0.15) is 0 Å². The molecule has 0 N–H and O–H groups in total. The van der Waals surface area contributed by atoms with Crippen molar-refractivity contribution in [3.8, 4) is 0 Å². The van der Waals surface area contributed by atoms with Crippen LogP contribution in [0, 0.1) is 0 Å². The molecule has 1 atom stereocenters. The highest BCUT2D eigenvalue weighted by molar-refractivity contribution is 6.63. The van der Waals surface area contributed by atoms with Crippen molar-refractivity contribution in [3.05, 3.63) is 48.6 Å². The first kappa shape index (κ1) is 22.1. The second kappa shape index (κ2) is 13.3. The van der Waals surface area contributed by atoms with Crippen molar-refractivity contribution in [2.45, 2.75) is 64.8 Å². The number of rotatable bonds is 15. The lowest BCUT2D eigenvalue weighted by molar-refractivity contribution is 0.0513. The molecule has 0 fully saturated rings. The van der Waals surface area contributed by atoms with Gasteiger partial charge in [-0.15, -0.1) is 6.58 Å². The summed E-state index contributed by atoms with van der Waals surface area (Å²) in [4.78, 5) is 0. The zero-order chi connectivity index (χ0) is 18.4. The van der Waals surface area contributed by atoms with E-state index in [1.165, 1.54) is 0 Å². The van der Waals surface area contributed by atoms with E-state index in [0.717, 1.165) is 44.1 Å². The van der Waals surface area contributed by atoms with Crippen LogP contribution in [0.25, 0.3) is 0 Å². The summed E-state index contributed by atoms with van der Waals surface area (Å²) in [6.07, 6.45) is 8.28. The molecule has 3 nitrogen and oxygen atoms in total. The molecule has 1 aromatic rings. The van der Waals surface area contributed by atoms with Gasteiger partial charge in [0.25, 0.3) is 0 Å². The molecule has 0 spiro atoms. The molecular weight excluding hydrogens is 328 g/mol. The number of benzene rings is 1. The SMILES string of the molecule is C=CC(c1ccccc1)[Si](OCCCC)(OCCCC)OCCCC. The molecule has 0 aliphatic rings. The van der Waals surface area contributed by atoms with E-state index in [4.69, 9.17) is 13.3 Å². The molecule has 1 unspecified atom stereocenters. The average molecular weight is 365 g/mol. The summed E-state index contributed by atoms with van der Waals surface area (Å²) in [5.74, 6) is 0. The van der Waals surface area contributed by atoms with Crippen LogP contribution in [-0.4, -0.2) is 28.6 Å². The Balaban J connectivity index is 3.09. The Hall–Kier alpha value is -0.943. The molecule has 0 saturated carbocycles. The van der Waals surface area contributed by atoms with Gasteiger partial charge in [-0.3, -0.25) is 0 Å². The maximum Gasteiger partial charge on any atom is 0.512 e. The third-order valence-electron chi connectivity index (χ3n) is 4.18. The zero-order valence-electron chi connectivity index (χ0n) is 16.3. The largest absolute Gasteiger partial charge is 0.512 e. The highest BCUT2D eigenvalue weighted by atomic mass is 28.4. The topological polar surface area (TPSA) is 27.7 Å². The third-order valence-corrected chi connectivity index (χ3v) is 7.33. The molecule has 0 amide bonds. The van der Waals surface area contributed by atoms with Crippen molar-refractivity contribution in [2.24, 2.45) is 0 Å². The summed E-state index contributed by atoms with van der Waals surface area (Å²) >= 11 is 0. The summed E-state index contributed by atoms with van der Waals surface area (Å²) in [5, 5.41) is 0. The van der Waals surface area contributed by atoms with Crippen LogP contribution in [0.4, 0.5) is 0 Å². The Kier molecular flexibility index (Phi) is 11.7. The van der Waals surface area contributed by atoms with Gasteiger partial charge in [0.05, 0.1) is 5.54 Å². The summed E-state index contributed by atoms with van der Waals surface area (Å²) in [5.41, 5.74) is 1.13. The number of unbranched alkanes of at least 4 members (excludes halogenated alkanes) is 3. The van der Waals surface area contributed by atoms with Crippen LogP contribution in [0.1, 0.15) is 70.4 Å². The Morgan fingerprint density at radius 3 is 1.64 bits per heavy atom. The summed E-state index contributed by atoms with van der Waals surface area (Å²) in [7, 11) is -2.90. The lowest BCUT2D eigenvalue weighted by atomic mass is 10.1. The molecule has 0 saturated heterocycles.